The van der Waals surface area contributed by atoms with Gasteiger partial charge in [0.05, 0.1) is 12.9 Å². The van der Waals surface area contributed by atoms with E-state index in [0.29, 0.717) is 27.4 Å². The molecule has 0 atom stereocenters. The zero-order valence-electron chi connectivity index (χ0n) is 18.7. The number of halogens is 1. The molecule has 0 saturated heterocycles. The van der Waals surface area contributed by atoms with Crippen molar-refractivity contribution < 1.29 is 14.3 Å². The van der Waals surface area contributed by atoms with Crippen LogP contribution in [0, 0.1) is 6.92 Å². The summed E-state index contributed by atoms with van der Waals surface area (Å²) in [5.74, 6) is 2.01. The number of aromatic nitrogens is 3. The minimum atomic E-state index is -0.165. The molecule has 0 unspecified atom stereocenters. The van der Waals surface area contributed by atoms with E-state index in [4.69, 9.17) is 21.1 Å². The molecule has 0 saturated carbocycles. The molecule has 3 aromatic carbocycles. The maximum Gasteiger partial charge on any atom is 0.234 e. The highest BCUT2D eigenvalue weighted by molar-refractivity contribution is 7.99. The molecule has 7 nitrogen and oxygen atoms in total. The van der Waals surface area contributed by atoms with Crippen molar-refractivity contribution in [2.45, 2.75) is 18.7 Å². The average Bonchev–Trinajstić information content (AvgIpc) is 3.26. The Morgan fingerprint density at radius 3 is 2.53 bits per heavy atom. The van der Waals surface area contributed by atoms with E-state index in [9.17, 15) is 4.79 Å². The number of ether oxygens (including phenoxy) is 2. The third kappa shape index (κ3) is 6.09. The zero-order valence-corrected chi connectivity index (χ0v) is 20.3. The van der Waals surface area contributed by atoms with Gasteiger partial charge in [0.1, 0.15) is 18.1 Å². The number of anilines is 1. The number of nitrogens with one attached hydrogen (secondary N) is 1. The SMILES string of the molecule is COc1cccc(NC(=O)CSc2nnc(COc3ccc(C)cc3)n2-c2ccc(Cl)cc2)c1. The van der Waals surface area contributed by atoms with Crippen molar-refractivity contribution in [1.29, 1.82) is 0 Å². The Balaban J connectivity index is 1.49. The Kier molecular flexibility index (Phi) is 7.72. The van der Waals surface area contributed by atoms with Gasteiger partial charge < -0.3 is 14.8 Å². The van der Waals surface area contributed by atoms with Gasteiger partial charge >= 0.3 is 0 Å². The fourth-order valence-corrected chi connectivity index (χ4v) is 4.04. The number of methoxy groups -OCH3 is 1. The van der Waals surface area contributed by atoms with E-state index in [2.05, 4.69) is 15.5 Å². The summed E-state index contributed by atoms with van der Waals surface area (Å²) in [6.07, 6.45) is 0. The smallest absolute Gasteiger partial charge is 0.234 e. The van der Waals surface area contributed by atoms with Gasteiger partial charge in [0.25, 0.3) is 0 Å². The van der Waals surface area contributed by atoms with Crippen LogP contribution in [0.3, 0.4) is 0 Å². The van der Waals surface area contributed by atoms with Crippen LogP contribution in [-0.2, 0) is 11.4 Å². The van der Waals surface area contributed by atoms with E-state index < -0.39 is 0 Å². The Bertz CT molecular complexity index is 1260. The number of aryl methyl sites for hydroxylation is 1. The topological polar surface area (TPSA) is 78.3 Å². The van der Waals surface area contributed by atoms with Crippen LogP contribution in [-0.4, -0.2) is 33.5 Å². The summed E-state index contributed by atoms with van der Waals surface area (Å²) in [6.45, 7) is 2.24. The molecule has 0 aliphatic heterocycles. The lowest BCUT2D eigenvalue weighted by Crippen LogP contribution is -2.14. The van der Waals surface area contributed by atoms with Crippen molar-refractivity contribution in [2.75, 3.05) is 18.2 Å². The minimum Gasteiger partial charge on any atom is -0.497 e. The molecule has 34 heavy (non-hydrogen) atoms. The molecule has 1 N–H and O–H groups in total. The average molecular weight is 495 g/mol. The van der Waals surface area contributed by atoms with Gasteiger partial charge in [-0.05, 0) is 55.5 Å². The summed E-state index contributed by atoms with van der Waals surface area (Å²) in [6, 6.07) is 22.4. The molecule has 0 bridgehead atoms. The summed E-state index contributed by atoms with van der Waals surface area (Å²) in [7, 11) is 1.58. The number of carbonyl (C=O) groups is 1. The van der Waals surface area contributed by atoms with E-state index in [1.165, 1.54) is 11.8 Å². The van der Waals surface area contributed by atoms with Gasteiger partial charge in [0.15, 0.2) is 11.0 Å². The van der Waals surface area contributed by atoms with Crippen LogP contribution in [0.5, 0.6) is 11.5 Å². The van der Waals surface area contributed by atoms with E-state index in [0.717, 1.165) is 17.0 Å². The first-order chi connectivity index (χ1) is 16.5. The predicted molar refractivity (Wildman–Crippen MR) is 134 cm³/mol. The first kappa shape index (κ1) is 23.7. The molecule has 1 aromatic heterocycles. The quantitative estimate of drug-likeness (QED) is 0.307. The lowest BCUT2D eigenvalue weighted by Gasteiger charge is -2.12. The predicted octanol–water partition coefficient (Wildman–Crippen LogP) is 5.55. The molecule has 0 spiro atoms. The molecule has 0 aliphatic rings. The van der Waals surface area contributed by atoms with Gasteiger partial charge in [-0.3, -0.25) is 9.36 Å². The van der Waals surface area contributed by atoms with Gasteiger partial charge in [-0.15, -0.1) is 10.2 Å². The van der Waals surface area contributed by atoms with E-state index in [1.807, 2.05) is 66.1 Å². The van der Waals surface area contributed by atoms with Crippen molar-refractivity contribution in [2.24, 2.45) is 0 Å². The number of hydrogen-bond donors (Lipinski definition) is 1. The van der Waals surface area contributed by atoms with Crippen molar-refractivity contribution in [3.05, 3.63) is 89.2 Å². The van der Waals surface area contributed by atoms with Gasteiger partial charge in [0.2, 0.25) is 5.91 Å². The molecule has 9 heteroatoms. The van der Waals surface area contributed by atoms with E-state index in [-0.39, 0.29) is 18.3 Å². The number of carbonyl (C=O) groups excluding carboxylic acids is 1. The highest BCUT2D eigenvalue weighted by Gasteiger charge is 2.17. The monoisotopic (exact) mass is 494 g/mol. The molecule has 174 valence electrons. The number of hydrogen-bond acceptors (Lipinski definition) is 6. The summed E-state index contributed by atoms with van der Waals surface area (Å²) in [5, 5.41) is 12.7. The fourth-order valence-electron chi connectivity index (χ4n) is 3.15. The van der Waals surface area contributed by atoms with Crippen LogP contribution < -0.4 is 14.8 Å². The third-order valence-electron chi connectivity index (χ3n) is 4.86. The van der Waals surface area contributed by atoms with Crippen molar-refractivity contribution in [1.82, 2.24) is 14.8 Å². The van der Waals surface area contributed by atoms with E-state index in [1.54, 1.807) is 25.3 Å². The lowest BCUT2D eigenvalue weighted by molar-refractivity contribution is -0.113. The molecule has 0 radical (unpaired) electrons. The molecule has 4 rings (SSSR count). The summed E-state index contributed by atoms with van der Waals surface area (Å²) >= 11 is 7.36. The molecule has 0 fully saturated rings. The maximum absolute atomic E-state index is 12.6. The second kappa shape index (κ2) is 11.1. The van der Waals surface area contributed by atoms with E-state index >= 15 is 0 Å². The first-order valence-electron chi connectivity index (χ1n) is 10.5. The Morgan fingerprint density at radius 1 is 1.03 bits per heavy atom. The van der Waals surface area contributed by atoms with Crippen molar-refractivity contribution >= 4 is 35.0 Å². The maximum atomic E-state index is 12.6. The number of nitrogens with zero attached hydrogens (tertiary/aromatic N) is 3. The second-order valence-corrected chi connectivity index (χ2v) is 8.76. The highest BCUT2D eigenvalue weighted by atomic mass is 35.5. The highest BCUT2D eigenvalue weighted by Crippen LogP contribution is 2.25. The number of amides is 1. The van der Waals surface area contributed by atoms with Crippen LogP contribution in [0.25, 0.3) is 5.69 Å². The molecule has 1 heterocycles. The van der Waals surface area contributed by atoms with Gasteiger partial charge in [0, 0.05) is 22.5 Å². The van der Waals surface area contributed by atoms with Crippen molar-refractivity contribution in [3.8, 4) is 17.2 Å². The third-order valence-corrected chi connectivity index (χ3v) is 6.04. The van der Waals surface area contributed by atoms with Gasteiger partial charge in [-0.25, -0.2) is 0 Å². The summed E-state index contributed by atoms with van der Waals surface area (Å²) < 4.78 is 13.0. The van der Waals surface area contributed by atoms with Crippen LogP contribution in [0.4, 0.5) is 5.69 Å². The molecule has 1 amide bonds. The molecular formula is C25H23ClN4O3S. The summed E-state index contributed by atoms with van der Waals surface area (Å²) in [4.78, 5) is 12.6. The normalized spacial score (nSPS) is 10.7. The van der Waals surface area contributed by atoms with Crippen LogP contribution >= 0.6 is 23.4 Å². The number of benzene rings is 3. The van der Waals surface area contributed by atoms with Crippen LogP contribution in [0.1, 0.15) is 11.4 Å². The fraction of sp³-hybridized carbons (Fsp3) is 0.160. The zero-order chi connectivity index (χ0) is 23.9. The Hall–Kier alpha value is -3.49. The largest absolute Gasteiger partial charge is 0.497 e. The Morgan fingerprint density at radius 2 is 1.79 bits per heavy atom. The van der Waals surface area contributed by atoms with Gasteiger partial charge in [-0.2, -0.15) is 0 Å². The minimum absolute atomic E-state index is 0.155. The van der Waals surface area contributed by atoms with Crippen LogP contribution in [0.2, 0.25) is 5.02 Å². The van der Waals surface area contributed by atoms with Crippen LogP contribution in [0.15, 0.2) is 78.0 Å². The Labute approximate surface area is 207 Å². The number of thioether (sulfide) groups is 1. The molecular weight excluding hydrogens is 472 g/mol. The second-order valence-electron chi connectivity index (χ2n) is 7.38. The standard InChI is InChI=1S/C25H23ClN4O3S/c1-17-6-12-21(13-7-17)33-15-23-28-29-25(30(23)20-10-8-18(26)9-11-20)34-16-24(31)27-19-4-3-5-22(14-19)32-2/h3-14H,15-16H2,1-2H3,(H,27,31). The first-order valence-corrected chi connectivity index (χ1v) is 11.8. The van der Waals surface area contributed by atoms with Crippen molar-refractivity contribution in [3.63, 3.8) is 0 Å². The molecule has 0 aliphatic carbocycles. The van der Waals surface area contributed by atoms with Gasteiger partial charge in [-0.1, -0.05) is 47.1 Å². The lowest BCUT2D eigenvalue weighted by atomic mass is 10.2. The molecule has 4 aromatic rings. The number of rotatable bonds is 9. The summed E-state index contributed by atoms with van der Waals surface area (Å²) in [5.41, 5.74) is 2.64.